The van der Waals surface area contributed by atoms with E-state index in [-0.39, 0.29) is 29.6 Å². The maximum absolute atomic E-state index is 12.3. The molecule has 16 atom stereocenters. The topological polar surface area (TPSA) is 338 Å². The largest absolute Gasteiger partial charge is 1.00 e. The van der Waals surface area contributed by atoms with E-state index in [4.69, 9.17) is 23.7 Å². The summed E-state index contributed by atoms with van der Waals surface area (Å²) in [6.07, 6.45) is -27.5. The van der Waals surface area contributed by atoms with Crippen molar-refractivity contribution in [2.75, 3.05) is 19.8 Å². The van der Waals surface area contributed by atoms with Gasteiger partial charge in [-0.05, 0) is 0 Å². The van der Waals surface area contributed by atoms with Gasteiger partial charge in [0.25, 0.3) is 0 Å². The van der Waals surface area contributed by atoms with E-state index in [0.717, 1.165) is 6.92 Å². The van der Waals surface area contributed by atoms with Gasteiger partial charge in [0.1, 0.15) is 73.1 Å². The number of aliphatic hydroxyl groups is 11. The van der Waals surface area contributed by atoms with Gasteiger partial charge in [0, 0.05) is 13.3 Å². The van der Waals surface area contributed by atoms with E-state index >= 15 is 0 Å². The van der Waals surface area contributed by atoms with Crippen LogP contribution < -0.4 is 40.0 Å². The van der Waals surface area contributed by atoms with Crippen molar-refractivity contribution in [2.24, 2.45) is 0 Å². The smallest absolute Gasteiger partial charge is 0.544 e. The van der Waals surface area contributed by atoms with Crippen molar-refractivity contribution in [1.82, 2.24) is 5.32 Å². The number of hydrogen-bond donors (Lipinski definition) is 12. The van der Waals surface area contributed by atoms with Crippen molar-refractivity contribution in [1.29, 1.82) is 0 Å². The van der Waals surface area contributed by atoms with Gasteiger partial charge in [-0.3, -0.25) is 4.79 Å². The Morgan fingerprint density at radius 2 is 1.59 bits per heavy atom. The molecule has 0 radical (unpaired) electrons. The van der Waals surface area contributed by atoms with Gasteiger partial charge in [-0.15, -0.1) is 0 Å². The Hall–Kier alpha value is -0.700. The van der Waals surface area contributed by atoms with Crippen LogP contribution in [-0.2, 0) is 33.3 Å². The van der Waals surface area contributed by atoms with Crippen molar-refractivity contribution in [3.05, 3.63) is 0 Å². The molecule has 21 heteroatoms. The van der Waals surface area contributed by atoms with Gasteiger partial charge in [-0.25, -0.2) is 0 Å². The number of carboxylic acid groups (broad SMARTS) is 1. The summed E-state index contributed by atoms with van der Waals surface area (Å²) in [5, 5.41) is 126. The molecule has 3 saturated heterocycles. The van der Waals surface area contributed by atoms with Gasteiger partial charge in [0.15, 0.2) is 12.6 Å². The van der Waals surface area contributed by atoms with Gasteiger partial charge in [0.05, 0.1) is 32.0 Å². The van der Waals surface area contributed by atoms with Gasteiger partial charge in [-0.2, -0.15) is 0 Å². The zero-order chi connectivity index (χ0) is 32.4. The summed E-state index contributed by atoms with van der Waals surface area (Å²) in [7, 11) is 0. The summed E-state index contributed by atoms with van der Waals surface area (Å²) < 4.78 is 26.7. The molecule has 0 bridgehead atoms. The van der Waals surface area contributed by atoms with E-state index in [2.05, 4.69) is 5.32 Å². The number of hydrogen-bond acceptors (Lipinski definition) is 19. The van der Waals surface area contributed by atoms with Gasteiger partial charge >= 0.3 is 29.6 Å². The predicted octanol–water partition coefficient (Wildman–Crippen LogP) is -12.6. The summed E-state index contributed by atoms with van der Waals surface area (Å²) in [4.78, 5) is 24.0. The van der Waals surface area contributed by atoms with Crippen LogP contribution in [0.5, 0.6) is 0 Å². The van der Waals surface area contributed by atoms with Crippen LogP contribution >= 0.6 is 0 Å². The number of nitrogens with one attached hydrogen (secondary N) is 1. The molecular formula is C23H38NNaO19. The average molecular weight is 656 g/mol. The molecule has 0 aromatic heterocycles. The fourth-order valence-corrected chi connectivity index (χ4v) is 5.04. The summed E-state index contributed by atoms with van der Waals surface area (Å²) in [5.74, 6) is -5.83. The van der Waals surface area contributed by atoms with Crippen molar-refractivity contribution in [3.8, 4) is 0 Å². The molecule has 0 aromatic carbocycles. The molecule has 0 aromatic rings. The number of carbonyl (C=O) groups excluding carboxylic acids is 2. The fourth-order valence-electron chi connectivity index (χ4n) is 5.04. The molecule has 12 N–H and O–H groups in total. The Balaban J connectivity index is 0.00000675. The first kappa shape index (κ1) is 39.5. The number of ether oxygens (including phenoxy) is 5. The minimum absolute atomic E-state index is 0. The van der Waals surface area contributed by atoms with Crippen molar-refractivity contribution in [3.63, 3.8) is 0 Å². The molecule has 1 amide bonds. The van der Waals surface area contributed by atoms with Crippen LogP contribution in [0, 0.1) is 0 Å². The van der Waals surface area contributed by atoms with Crippen LogP contribution in [0.3, 0.4) is 0 Å². The second kappa shape index (κ2) is 16.4. The summed E-state index contributed by atoms with van der Waals surface area (Å²) in [6, 6.07) is -1.52. The Morgan fingerprint density at radius 1 is 0.955 bits per heavy atom. The Kier molecular flexibility index (Phi) is 14.7. The van der Waals surface area contributed by atoms with Crippen LogP contribution in [0.1, 0.15) is 13.3 Å². The molecular weight excluding hydrogens is 617 g/mol. The van der Waals surface area contributed by atoms with Crippen LogP contribution in [0.4, 0.5) is 0 Å². The molecule has 3 heterocycles. The first-order valence-electron chi connectivity index (χ1n) is 13.2. The zero-order valence-electron chi connectivity index (χ0n) is 23.7. The van der Waals surface area contributed by atoms with Gasteiger partial charge < -0.3 is 95.1 Å². The molecule has 0 spiro atoms. The summed E-state index contributed by atoms with van der Waals surface area (Å²) in [5.41, 5.74) is 0. The van der Waals surface area contributed by atoms with E-state index in [0.29, 0.717) is 0 Å². The second-order valence-corrected chi connectivity index (χ2v) is 10.5. The van der Waals surface area contributed by atoms with Crippen LogP contribution in [0.25, 0.3) is 0 Å². The summed E-state index contributed by atoms with van der Waals surface area (Å²) >= 11 is 0. The number of rotatable bonds is 11. The Bertz CT molecular complexity index is 949. The first-order chi connectivity index (χ1) is 20.1. The van der Waals surface area contributed by atoms with Crippen LogP contribution in [-0.4, -0.2) is 186 Å². The predicted molar refractivity (Wildman–Crippen MR) is 127 cm³/mol. The third-order valence-corrected chi connectivity index (χ3v) is 7.45. The second-order valence-electron chi connectivity index (χ2n) is 10.5. The number of aliphatic carboxylic acids is 1. The third kappa shape index (κ3) is 8.41. The fraction of sp³-hybridized carbons (Fsp3) is 0.913. The normalized spacial score (nSPS) is 44.2. The number of carboxylic acids is 1. The SMILES string of the molecule is CC(=O)NC1C(O)CC(OCC2OC(O)C(O)C(O)C2OC2OC(CO)C(O)C(O)C2O)(C(=O)[O-])OC1C(O)C(O)CO.[Na+]. The monoisotopic (exact) mass is 655 g/mol. The zero-order valence-corrected chi connectivity index (χ0v) is 25.7. The third-order valence-electron chi connectivity index (χ3n) is 7.45. The maximum Gasteiger partial charge on any atom is 1.00 e. The molecule has 3 aliphatic heterocycles. The number of amides is 1. The van der Waals surface area contributed by atoms with Crippen molar-refractivity contribution in [2.45, 2.75) is 111 Å². The molecule has 44 heavy (non-hydrogen) atoms. The quantitative estimate of drug-likeness (QED) is 0.0919. The van der Waals surface area contributed by atoms with E-state index < -0.39 is 136 Å². The van der Waals surface area contributed by atoms with E-state index in [1.807, 2.05) is 0 Å². The molecule has 3 aliphatic rings. The first-order valence-corrected chi connectivity index (χ1v) is 13.2. The molecule has 0 saturated carbocycles. The van der Waals surface area contributed by atoms with Crippen LogP contribution in [0.2, 0.25) is 0 Å². The molecule has 16 unspecified atom stereocenters. The van der Waals surface area contributed by atoms with Crippen LogP contribution in [0.15, 0.2) is 0 Å². The molecule has 0 aliphatic carbocycles. The van der Waals surface area contributed by atoms with Gasteiger partial charge in [0.2, 0.25) is 11.7 Å². The Morgan fingerprint density at radius 3 is 2.14 bits per heavy atom. The number of aliphatic hydroxyl groups excluding tert-OH is 11. The Labute approximate surface area is 271 Å². The number of carbonyl (C=O) groups is 2. The van der Waals surface area contributed by atoms with E-state index in [1.54, 1.807) is 0 Å². The van der Waals surface area contributed by atoms with E-state index in [9.17, 15) is 70.9 Å². The van der Waals surface area contributed by atoms with Gasteiger partial charge in [-0.1, -0.05) is 0 Å². The standard InChI is InChI=1S/C23H39NO19.Na/c1-6(27)24-11-7(28)2-23(22(37)38,43-19(11)12(30)8(29)3-25)39-5-10-18(15(33)16(34)20(36)40-10)42-21-17(35)14(32)13(31)9(4-26)41-21;/h7-21,25-26,28-36H,2-5H2,1H3,(H,24,27)(H,37,38);/q;+1/p-1. The minimum Gasteiger partial charge on any atom is -0.544 e. The van der Waals surface area contributed by atoms with E-state index in [1.165, 1.54) is 0 Å². The molecule has 250 valence electrons. The molecule has 3 fully saturated rings. The molecule has 20 nitrogen and oxygen atoms in total. The maximum atomic E-state index is 12.3. The minimum atomic E-state index is -2.96. The molecule has 3 rings (SSSR count). The summed E-state index contributed by atoms with van der Waals surface area (Å²) in [6.45, 7) is -1.85. The van der Waals surface area contributed by atoms with Crippen molar-refractivity contribution < 1.29 is 124 Å². The average Bonchev–Trinajstić information content (AvgIpc) is 2.96. The van der Waals surface area contributed by atoms with Crippen molar-refractivity contribution >= 4 is 11.9 Å².